The van der Waals surface area contributed by atoms with Gasteiger partial charge in [0.15, 0.2) is 0 Å². The van der Waals surface area contributed by atoms with Gasteiger partial charge in [0.2, 0.25) is 0 Å². The van der Waals surface area contributed by atoms with Crippen LogP contribution >= 0.6 is 0 Å². The lowest BCUT2D eigenvalue weighted by atomic mass is 9.96. The molecule has 0 saturated heterocycles. The Bertz CT molecular complexity index is 37.3. The monoisotopic (exact) mass is 116 g/mol. The molecule has 0 rings (SSSR count). The Morgan fingerprint density at radius 2 is 1.50 bits per heavy atom. The van der Waals surface area contributed by atoms with Crippen LogP contribution in [0.4, 0.5) is 0 Å². The Hall–Kier alpha value is 0. The minimum absolute atomic E-state index is 0. The molecule has 0 fully saturated rings. The summed E-state index contributed by atoms with van der Waals surface area (Å²) >= 11 is 0. The zero-order valence-corrected chi connectivity index (χ0v) is 5.86. The first-order valence-electron chi connectivity index (χ1n) is 3.18. The van der Waals surface area contributed by atoms with Gasteiger partial charge in [-0.15, -0.1) is 0 Å². The zero-order chi connectivity index (χ0) is 5.86. The summed E-state index contributed by atoms with van der Waals surface area (Å²) in [5.41, 5.74) is 0. The van der Waals surface area contributed by atoms with Crippen molar-refractivity contribution >= 4 is 0 Å². The first-order valence-corrected chi connectivity index (χ1v) is 3.18. The quantitative estimate of drug-likeness (QED) is 0.519. The van der Waals surface area contributed by atoms with Gasteiger partial charge in [0.25, 0.3) is 0 Å². The van der Waals surface area contributed by atoms with Gasteiger partial charge in [-0.1, -0.05) is 41.5 Å². The second-order valence-electron chi connectivity index (χ2n) is 2.63. The standard InChI is InChI=1S/C7H16.CH4/c1-5-7(4)6(2)3;/h6-7H,5H2,1-4H3;1H4/t7-;/m1./s1. The van der Waals surface area contributed by atoms with Crippen LogP contribution in [0, 0.1) is 11.8 Å². The van der Waals surface area contributed by atoms with Crippen LogP contribution in [0.25, 0.3) is 0 Å². The van der Waals surface area contributed by atoms with Crippen LogP contribution in [-0.2, 0) is 0 Å². The summed E-state index contributed by atoms with van der Waals surface area (Å²) in [5, 5.41) is 0. The molecule has 0 amide bonds. The van der Waals surface area contributed by atoms with E-state index >= 15 is 0 Å². The van der Waals surface area contributed by atoms with Crippen molar-refractivity contribution in [3.8, 4) is 0 Å². The van der Waals surface area contributed by atoms with Gasteiger partial charge in [-0.25, -0.2) is 0 Å². The van der Waals surface area contributed by atoms with E-state index in [2.05, 4.69) is 27.7 Å². The molecule has 0 N–H and O–H groups in total. The Morgan fingerprint density at radius 1 is 1.12 bits per heavy atom. The smallest absolute Gasteiger partial charge is 0.0422 e. The van der Waals surface area contributed by atoms with Gasteiger partial charge >= 0.3 is 0 Å². The predicted octanol–water partition coefficient (Wildman–Crippen LogP) is 3.32. The van der Waals surface area contributed by atoms with E-state index in [-0.39, 0.29) is 7.43 Å². The zero-order valence-electron chi connectivity index (χ0n) is 5.86. The van der Waals surface area contributed by atoms with Crippen LogP contribution in [0.1, 0.15) is 41.5 Å². The fraction of sp³-hybridized carbons (Fsp3) is 1.00. The Kier molecular flexibility index (Phi) is 7.00. The molecule has 0 nitrogen and oxygen atoms in total. The summed E-state index contributed by atoms with van der Waals surface area (Å²) < 4.78 is 0. The fourth-order valence-corrected chi connectivity index (χ4v) is 0.471. The molecule has 0 heteroatoms. The van der Waals surface area contributed by atoms with Gasteiger partial charge in [-0.3, -0.25) is 0 Å². The van der Waals surface area contributed by atoms with E-state index in [0.717, 1.165) is 11.8 Å². The van der Waals surface area contributed by atoms with Gasteiger partial charge in [0.1, 0.15) is 0 Å². The molecule has 0 aromatic carbocycles. The second kappa shape index (κ2) is 5.14. The first-order chi connectivity index (χ1) is 3.18. The molecule has 8 heavy (non-hydrogen) atoms. The SMILES string of the molecule is C.CC[C@@H](C)C(C)C. The summed E-state index contributed by atoms with van der Waals surface area (Å²) in [5.74, 6) is 1.77. The third-order valence-electron chi connectivity index (χ3n) is 1.78. The van der Waals surface area contributed by atoms with E-state index in [1.54, 1.807) is 0 Å². The summed E-state index contributed by atoms with van der Waals surface area (Å²) in [6.45, 7) is 9.08. The van der Waals surface area contributed by atoms with Crippen molar-refractivity contribution in [2.24, 2.45) is 11.8 Å². The van der Waals surface area contributed by atoms with Crippen molar-refractivity contribution in [3.05, 3.63) is 0 Å². The van der Waals surface area contributed by atoms with Crippen LogP contribution in [0.5, 0.6) is 0 Å². The molecule has 0 spiro atoms. The van der Waals surface area contributed by atoms with Crippen molar-refractivity contribution in [2.75, 3.05) is 0 Å². The molecule has 0 aromatic rings. The van der Waals surface area contributed by atoms with Gasteiger partial charge in [-0.2, -0.15) is 0 Å². The summed E-state index contributed by atoms with van der Waals surface area (Å²) in [4.78, 5) is 0. The van der Waals surface area contributed by atoms with E-state index in [1.165, 1.54) is 6.42 Å². The Morgan fingerprint density at radius 3 is 1.50 bits per heavy atom. The third kappa shape index (κ3) is 4.17. The minimum Gasteiger partial charge on any atom is -0.0776 e. The van der Waals surface area contributed by atoms with Crippen molar-refractivity contribution in [1.29, 1.82) is 0 Å². The minimum atomic E-state index is 0. The summed E-state index contributed by atoms with van der Waals surface area (Å²) in [7, 11) is 0. The van der Waals surface area contributed by atoms with Gasteiger partial charge in [0, 0.05) is 0 Å². The van der Waals surface area contributed by atoms with Crippen LogP contribution in [-0.4, -0.2) is 0 Å². The highest BCUT2D eigenvalue weighted by Gasteiger charge is 2.01. The summed E-state index contributed by atoms with van der Waals surface area (Å²) in [6, 6.07) is 0. The first kappa shape index (κ1) is 10.9. The molecule has 1 atom stereocenters. The largest absolute Gasteiger partial charge is 0.0776 e. The van der Waals surface area contributed by atoms with Crippen molar-refractivity contribution in [2.45, 2.75) is 41.5 Å². The van der Waals surface area contributed by atoms with Crippen LogP contribution < -0.4 is 0 Å². The van der Waals surface area contributed by atoms with Gasteiger partial charge < -0.3 is 0 Å². The maximum absolute atomic E-state index is 2.30. The van der Waals surface area contributed by atoms with Crippen LogP contribution in [0.15, 0.2) is 0 Å². The number of rotatable bonds is 2. The highest BCUT2D eigenvalue weighted by Crippen LogP contribution is 2.11. The molecule has 0 radical (unpaired) electrons. The average molecular weight is 116 g/mol. The molecule has 52 valence electrons. The molecule has 0 aliphatic carbocycles. The second-order valence-corrected chi connectivity index (χ2v) is 2.63. The highest BCUT2D eigenvalue weighted by atomic mass is 14.1. The lowest BCUT2D eigenvalue weighted by Crippen LogP contribution is -2.00. The van der Waals surface area contributed by atoms with Gasteiger partial charge in [0.05, 0.1) is 0 Å². The molecule has 0 aromatic heterocycles. The molecular weight excluding hydrogens is 96.1 g/mol. The third-order valence-corrected chi connectivity index (χ3v) is 1.78. The van der Waals surface area contributed by atoms with E-state index in [4.69, 9.17) is 0 Å². The number of hydrogen-bond acceptors (Lipinski definition) is 0. The summed E-state index contributed by atoms with van der Waals surface area (Å²) in [6.07, 6.45) is 1.32. The molecule has 0 aliphatic rings. The predicted molar refractivity (Wildman–Crippen MR) is 41.0 cm³/mol. The molecule has 0 saturated carbocycles. The van der Waals surface area contributed by atoms with E-state index < -0.39 is 0 Å². The van der Waals surface area contributed by atoms with E-state index in [9.17, 15) is 0 Å². The molecule has 0 heterocycles. The molecular formula is C8H20. The lowest BCUT2D eigenvalue weighted by molar-refractivity contribution is 0.407. The van der Waals surface area contributed by atoms with Crippen molar-refractivity contribution in [1.82, 2.24) is 0 Å². The molecule has 0 aliphatic heterocycles. The Balaban J connectivity index is 0. The van der Waals surface area contributed by atoms with Crippen LogP contribution in [0.2, 0.25) is 0 Å². The van der Waals surface area contributed by atoms with E-state index in [0.29, 0.717) is 0 Å². The van der Waals surface area contributed by atoms with Gasteiger partial charge in [-0.05, 0) is 11.8 Å². The highest BCUT2D eigenvalue weighted by molar-refractivity contribution is 4.52. The molecule has 0 bridgehead atoms. The number of hydrogen-bond donors (Lipinski definition) is 0. The van der Waals surface area contributed by atoms with Crippen molar-refractivity contribution < 1.29 is 0 Å². The normalized spacial score (nSPS) is 13.1. The van der Waals surface area contributed by atoms with Crippen LogP contribution in [0.3, 0.4) is 0 Å². The maximum atomic E-state index is 2.30. The Labute approximate surface area is 54.3 Å². The maximum Gasteiger partial charge on any atom is -0.0422 e. The van der Waals surface area contributed by atoms with Crippen molar-refractivity contribution in [3.63, 3.8) is 0 Å². The van der Waals surface area contributed by atoms with E-state index in [1.807, 2.05) is 0 Å². The average Bonchev–Trinajstić information content (AvgIpc) is 1.65. The fourth-order valence-electron chi connectivity index (χ4n) is 0.471. The molecule has 0 unspecified atom stereocenters. The lowest BCUT2D eigenvalue weighted by Gasteiger charge is -2.10. The topological polar surface area (TPSA) is 0 Å².